The fourth-order valence-corrected chi connectivity index (χ4v) is 2.56. The van der Waals surface area contributed by atoms with Crippen LogP contribution >= 0.6 is 0 Å². The van der Waals surface area contributed by atoms with Gasteiger partial charge in [-0.1, -0.05) is 12.1 Å². The number of anilines is 3. The van der Waals surface area contributed by atoms with E-state index in [-0.39, 0.29) is 5.56 Å². The van der Waals surface area contributed by atoms with E-state index in [0.29, 0.717) is 17.1 Å². The Bertz CT molecular complexity index is 879. The number of hydrogen-bond acceptors (Lipinski definition) is 5. The highest BCUT2D eigenvalue weighted by molar-refractivity contribution is 7.92. The summed E-state index contributed by atoms with van der Waals surface area (Å²) in [5, 5.41) is 5.15. The molecule has 0 radical (unpaired) electrons. The van der Waals surface area contributed by atoms with Crippen molar-refractivity contribution in [2.24, 2.45) is 0 Å². The van der Waals surface area contributed by atoms with Crippen LogP contribution in [0.5, 0.6) is 0 Å². The van der Waals surface area contributed by atoms with Gasteiger partial charge in [0.15, 0.2) is 0 Å². The smallest absolute Gasteiger partial charge is 0.339 e. The van der Waals surface area contributed by atoms with Crippen molar-refractivity contribution < 1.29 is 22.7 Å². The number of nitrogens with one attached hydrogen (secondary N) is 3. The van der Waals surface area contributed by atoms with E-state index >= 15 is 0 Å². The van der Waals surface area contributed by atoms with E-state index in [1.165, 1.54) is 25.3 Å². The maximum Gasteiger partial charge on any atom is 0.339 e. The lowest BCUT2D eigenvalue weighted by Crippen LogP contribution is -2.21. The number of urea groups is 1. The molecule has 2 amide bonds. The molecule has 9 heteroatoms. The normalized spacial score (nSPS) is 10.6. The van der Waals surface area contributed by atoms with Crippen molar-refractivity contribution in [1.82, 2.24) is 0 Å². The Kier molecular flexibility index (Phi) is 5.60. The zero-order chi connectivity index (χ0) is 18.4. The number of esters is 1. The highest BCUT2D eigenvalue weighted by Crippen LogP contribution is 2.18. The summed E-state index contributed by atoms with van der Waals surface area (Å²) in [6, 6.07) is 12.0. The number of hydrogen-bond donors (Lipinski definition) is 3. The maximum atomic E-state index is 12.1. The van der Waals surface area contributed by atoms with E-state index in [2.05, 4.69) is 20.1 Å². The van der Waals surface area contributed by atoms with Crippen molar-refractivity contribution >= 4 is 39.1 Å². The average molecular weight is 363 g/mol. The molecule has 0 aromatic heterocycles. The fraction of sp³-hybridized carbons (Fsp3) is 0.125. The van der Waals surface area contributed by atoms with Crippen LogP contribution in [-0.4, -0.2) is 33.8 Å². The van der Waals surface area contributed by atoms with Gasteiger partial charge in [0.25, 0.3) is 0 Å². The number of amides is 2. The summed E-state index contributed by atoms with van der Waals surface area (Å²) in [5.74, 6) is -0.563. The second-order valence-electron chi connectivity index (χ2n) is 5.07. The van der Waals surface area contributed by atoms with E-state index in [4.69, 9.17) is 0 Å². The highest BCUT2D eigenvalue weighted by atomic mass is 32.2. The standard InChI is InChI=1S/C16H17N3O5S/c1-24-15(20)13-5-3-4-6-14(13)18-16(21)17-11-7-9-12(10-8-11)19-25(2,22)23/h3-10,19H,1-2H3,(H2,17,18,21). The lowest BCUT2D eigenvalue weighted by molar-refractivity contribution is 0.0602. The van der Waals surface area contributed by atoms with Gasteiger partial charge in [-0.3, -0.25) is 4.72 Å². The van der Waals surface area contributed by atoms with E-state index < -0.39 is 22.0 Å². The minimum Gasteiger partial charge on any atom is -0.465 e. The molecule has 0 unspecified atom stereocenters. The Morgan fingerprint density at radius 3 is 2.12 bits per heavy atom. The summed E-state index contributed by atoms with van der Waals surface area (Å²) in [7, 11) is -2.11. The number of carbonyl (C=O) groups excluding carboxylic acids is 2. The van der Waals surface area contributed by atoms with E-state index in [9.17, 15) is 18.0 Å². The zero-order valence-electron chi connectivity index (χ0n) is 13.6. The number of sulfonamides is 1. The second kappa shape index (κ2) is 7.67. The number of methoxy groups -OCH3 is 1. The molecule has 0 spiro atoms. The van der Waals surface area contributed by atoms with Crippen molar-refractivity contribution in [1.29, 1.82) is 0 Å². The van der Waals surface area contributed by atoms with Gasteiger partial charge in [-0.05, 0) is 36.4 Å². The Morgan fingerprint density at radius 2 is 1.52 bits per heavy atom. The molecular weight excluding hydrogens is 346 g/mol. The molecule has 132 valence electrons. The number of ether oxygens (including phenoxy) is 1. The summed E-state index contributed by atoms with van der Waals surface area (Å²) in [6.45, 7) is 0. The highest BCUT2D eigenvalue weighted by Gasteiger charge is 2.13. The molecule has 0 aliphatic heterocycles. The van der Waals surface area contributed by atoms with Gasteiger partial charge in [-0.2, -0.15) is 0 Å². The van der Waals surface area contributed by atoms with Gasteiger partial charge in [-0.15, -0.1) is 0 Å². The molecule has 2 rings (SSSR count). The fourth-order valence-electron chi connectivity index (χ4n) is 2.00. The molecule has 0 aliphatic carbocycles. The number of carbonyl (C=O) groups is 2. The zero-order valence-corrected chi connectivity index (χ0v) is 14.4. The molecule has 2 aromatic rings. The maximum absolute atomic E-state index is 12.1. The van der Waals surface area contributed by atoms with Crippen LogP contribution in [0.2, 0.25) is 0 Å². The first-order valence-electron chi connectivity index (χ1n) is 7.12. The first-order valence-corrected chi connectivity index (χ1v) is 9.01. The van der Waals surface area contributed by atoms with Gasteiger partial charge in [0.1, 0.15) is 0 Å². The summed E-state index contributed by atoms with van der Waals surface area (Å²) in [5.41, 5.74) is 1.37. The summed E-state index contributed by atoms with van der Waals surface area (Å²) < 4.78 is 29.3. The number of para-hydroxylation sites is 1. The molecule has 0 bridgehead atoms. The van der Waals surface area contributed by atoms with Crippen LogP contribution in [0, 0.1) is 0 Å². The van der Waals surface area contributed by atoms with Crippen LogP contribution in [0.15, 0.2) is 48.5 Å². The van der Waals surface area contributed by atoms with Crippen molar-refractivity contribution in [2.45, 2.75) is 0 Å². The number of benzene rings is 2. The predicted molar refractivity (Wildman–Crippen MR) is 95.3 cm³/mol. The average Bonchev–Trinajstić information content (AvgIpc) is 2.55. The van der Waals surface area contributed by atoms with Crippen LogP contribution in [0.4, 0.5) is 21.9 Å². The molecule has 0 fully saturated rings. The molecule has 0 saturated heterocycles. The van der Waals surface area contributed by atoms with Crippen molar-refractivity contribution in [3.8, 4) is 0 Å². The minimum atomic E-state index is -3.36. The Hall–Kier alpha value is -3.07. The van der Waals surface area contributed by atoms with E-state index in [1.807, 2.05) is 0 Å². The van der Waals surface area contributed by atoms with Crippen molar-refractivity contribution in [3.63, 3.8) is 0 Å². The third kappa shape index (κ3) is 5.50. The Labute approximate surface area is 145 Å². The van der Waals surface area contributed by atoms with Gasteiger partial charge in [0.2, 0.25) is 10.0 Å². The molecular formula is C16H17N3O5S. The minimum absolute atomic E-state index is 0.229. The monoisotopic (exact) mass is 363 g/mol. The Morgan fingerprint density at radius 1 is 0.920 bits per heavy atom. The lowest BCUT2D eigenvalue weighted by Gasteiger charge is -2.11. The topological polar surface area (TPSA) is 114 Å². The first kappa shape index (κ1) is 18.3. The van der Waals surface area contributed by atoms with E-state index in [1.54, 1.807) is 30.3 Å². The van der Waals surface area contributed by atoms with Crippen LogP contribution in [0.1, 0.15) is 10.4 Å². The van der Waals surface area contributed by atoms with Gasteiger partial charge in [-0.25, -0.2) is 18.0 Å². The quantitative estimate of drug-likeness (QED) is 0.706. The molecule has 0 heterocycles. The molecule has 8 nitrogen and oxygen atoms in total. The molecule has 2 aromatic carbocycles. The first-order chi connectivity index (χ1) is 11.8. The third-order valence-electron chi connectivity index (χ3n) is 3.03. The van der Waals surface area contributed by atoms with Gasteiger partial charge in [0, 0.05) is 11.4 Å². The van der Waals surface area contributed by atoms with Crippen LogP contribution in [0.25, 0.3) is 0 Å². The van der Waals surface area contributed by atoms with Crippen LogP contribution in [-0.2, 0) is 14.8 Å². The Balaban J connectivity index is 2.05. The SMILES string of the molecule is COC(=O)c1ccccc1NC(=O)Nc1ccc(NS(C)(=O)=O)cc1. The third-order valence-corrected chi connectivity index (χ3v) is 3.63. The largest absolute Gasteiger partial charge is 0.465 e. The summed E-state index contributed by atoms with van der Waals surface area (Å²) >= 11 is 0. The van der Waals surface area contributed by atoms with Gasteiger partial charge >= 0.3 is 12.0 Å². The van der Waals surface area contributed by atoms with Crippen LogP contribution < -0.4 is 15.4 Å². The summed E-state index contributed by atoms with van der Waals surface area (Å²) in [4.78, 5) is 23.7. The van der Waals surface area contributed by atoms with E-state index in [0.717, 1.165) is 6.26 Å². The van der Waals surface area contributed by atoms with Crippen LogP contribution in [0.3, 0.4) is 0 Å². The van der Waals surface area contributed by atoms with Crippen molar-refractivity contribution in [3.05, 3.63) is 54.1 Å². The predicted octanol–water partition coefficient (Wildman–Crippen LogP) is 2.49. The number of rotatable bonds is 5. The lowest BCUT2D eigenvalue weighted by atomic mass is 10.2. The summed E-state index contributed by atoms with van der Waals surface area (Å²) in [6.07, 6.45) is 1.05. The van der Waals surface area contributed by atoms with Gasteiger partial charge in [0.05, 0.1) is 24.6 Å². The van der Waals surface area contributed by atoms with Crippen molar-refractivity contribution in [2.75, 3.05) is 28.7 Å². The molecule has 3 N–H and O–H groups in total. The second-order valence-corrected chi connectivity index (χ2v) is 6.82. The molecule has 0 aliphatic rings. The van der Waals surface area contributed by atoms with Gasteiger partial charge < -0.3 is 15.4 Å². The molecule has 0 atom stereocenters. The molecule has 0 saturated carbocycles. The molecule has 25 heavy (non-hydrogen) atoms.